The van der Waals surface area contributed by atoms with E-state index in [0.29, 0.717) is 28.0 Å². The third kappa shape index (κ3) is 3.73. The van der Waals surface area contributed by atoms with E-state index in [9.17, 15) is 14.7 Å². The second-order valence-electron chi connectivity index (χ2n) is 6.66. The molecule has 0 aliphatic rings. The van der Waals surface area contributed by atoms with Crippen molar-refractivity contribution in [3.8, 4) is 17.0 Å². The largest absolute Gasteiger partial charge is 0.497 e. The molecular weight excluding hydrogens is 382 g/mol. The minimum Gasteiger partial charge on any atom is -0.497 e. The summed E-state index contributed by atoms with van der Waals surface area (Å²) in [7, 11) is 1.58. The highest BCUT2D eigenvalue weighted by atomic mass is 16.5. The highest BCUT2D eigenvalue weighted by molar-refractivity contribution is 6.01. The van der Waals surface area contributed by atoms with Gasteiger partial charge in [0.15, 0.2) is 0 Å². The number of rotatable bonds is 6. The summed E-state index contributed by atoms with van der Waals surface area (Å²) < 4.78 is 6.77. The number of aromatic nitrogens is 2. The Kier molecular flexibility index (Phi) is 5.17. The maximum atomic E-state index is 12.6. The van der Waals surface area contributed by atoms with Crippen molar-refractivity contribution in [1.29, 1.82) is 0 Å². The van der Waals surface area contributed by atoms with E-state index in [0.717, 1.165) is 5.56 Å². The zero-order valence-electron chi connectivity index (χ0n) is 16.2. The molecule has 0 saturated heterocycles. The number of aromatic carboxylic acids is 1. The maximum Gasteiger partial charge on any atom is 0.352 e. The van der Waals surface area contributed by atoms with Gasteiger partial charge in [0.05, 0.1) is 18.3 Å². The summed E-state index contributed by atoms with van der Waals surface area (Å²) in [5.74, 6) is -0.761. The van der Waals surface area contributed by atoms with Gasteiger partial charge >= 0.3 is 5.97 Å². The molecule has 0 radical (unpaired) electrons. The molecule has 4 rings (SSSR count). The van der Waals surface area contributed by atoms with E-state index in [-0.39, 0.29) is 18.1 Å². The van der Waals surface area contributed by atoms with E-state index in [1.165, 1.54) is 4.57 Å². The number of pyridine rings is 1. The summed E-state index contributed by atoms with van der Waals surface area (Å²) in [5.41, 5.74) is 2.70. The Morgan fingerprint density at radius 3 is 2.60 bits per heavy atom. The van der Waals surface area contributed by atoms with Crippen molar-refractivity contribution in [2.24, 2.45) is 0 Å². The van der Waals surface area contributed by atoms with Gasteiger partial charge in [-0.05, 0) is 36.4 Å². The molecule has 2 N–H and O–H groups in total. The molecule has 0 bridgehead atoms. The Labute approximate surface area is 172 Å². The summed E-state index contributed by atoms with van der Waals surface area (Å²) in [5, 5.41) is 13.2. The first-order valence-corrected chi connectivity index (χ1v) is 9.27. The molecule has 7 nitrogen and oxygen atoms in total. The van der Waals surface area contributed by atoms with E-state index in [1.54, 1.807) is 37.6 Å². The number of nitrogens with zero attached hydrogens (tertiary/aromatic N) is 2. The van der Waals surface area contributed by atoms with Crippen LogP contribution in [0.15, 0.2) is 72.9 Å². The molecule has 2 heterocycles. The number of hydrogen-bond acceptors (Lipinski definition) is 4. The Hall–Kier alpha value is -4.13. The molecule has 0 fully saturated rings. The third-order valence-corrected chi connectivity index (χ3v) is 4.75. The molecule has 30 heavy (non-hydrogen) atoms. The lowest BCUT2D eigenvalue weighted by Crippen LogP contribution is -2.21. The van der Waals surface area contributed by atoms with Crippen molar-refractivity contribution < 1.29 is 19.4 Å². The summed E-state index contributed by atoms with van der Waals surface area (Å²) in [6, 6.07) is 19.7. The van der Waals surface area contributed by atoms with Gasteiger partial charge in [-0.25, -0.2) is 4.79 Å². The Morgan fingerprint density at radius 1 is 1.07 bits per heavy atom. The SMILES string of the molecule is COc1cccc(-c2nccc3c2cc(C(=O)O)n3CC(=O)Nc2ccccc2)c1. The number of carboxylic acids is 1. The summed E-state index contributed by atoms with van der Waals surface area (Å²) in [4.78, 5) is 28.9. The van der Waals surface area contributed by atoms with Crippen LogP contribution in [0.3, 0.4) is 0 Å². The molecule has 1 amide bonds. The van der Waals surface area contributed by atoms with Gasteiger partial charge in [-0.3, -0.25) is 9.78 Å². The summed E-state index contributed by atoms with van der Waals surface area (Å²) >= 11 is 0. The normalized spacial score (nSPS) is 10.7. The van der Waals surface area contributed by atoms with Gasteiger partial charge in [0.25, 0.3) is 0 Å². The van der Waals surface area contributed by atoms with Crippen molar-refractivity contribution >= 4 is 28.5 Å². The van der Waals surface area contributed by atoms with E-state index >= 15 is 0 Å². The molecule has 0 aliphatic heterocycles. The van der Waals surface area contributed by atoms with Crippen molar-refractivity contribution in [2.75, 3.05) is 12.4 Å². The number of para-hydroxylation sites is 1. The maximum absolute atomic E-state index is 12.6. The predicted molar refractivity (Wildman–Crippen MR) is 114 cm³/mol. The standard InChI is InChI=1S/C23H19N3O4/c1-30-17-9-5-6-15(12-17)22-18-13-20(23(28)29)26(19(18)10-11-24-22)14-21(27)25-16-7-3-2-4-8-16/h2-13H,14H2,1H3,(H,25,27)(H,28,29). The van der Waals surface area contributed by atoms with Crippen LogP contribution < -0.4 is 10.1 Å². The molecule has 0 aliphatic carbocycles. The molecule has 0 unspecified atom stereocenters. The van der Waals surface area contributed by atoms with E-state index in [1.807, 2.05) is 42.5 Å². The number of carbonyl (C=O) groups is 2. The van der Waals surface area contributed by atoms with Crippen LogP contribution in [0.4, 0.5) is 5.69 Å². The van der Waals surface area contributed by atoms with Gasteiger partial charge in [0, 0.05) is 22.8 Å². The minimum atomic E-state index is -1.12. The monoisotopic (exact) mass is 401 g/mol. The van der Waals surface area contributed by atoms with Crippen LogP contribution >= 0.6 is 0 Å². The fraction of sp³-hybridized carbons (Fsp3) is 0.0870. The Balaban J connectivity index is 1.77. The zero-order chi connectivity index (χ0) is 21.1. The minimum absolute atomic E-state index is 0.0188. The van der Waals surface area contributed by atoms with Crippen LogP contribution in [-0.4, -0.2) is 33.6 Å². The first-order chi connectivity index (χ1) is 14.6. The van der Waals surface area contributed by atoms with Gasteiger partial charge in [-0.15, -0.1) is 0 Å². The first kappa shape index (κ1) is 19.2. The van der Waals surface area contributed by atoms with Crippen LogP contribution in [0.5, 0.6) is 5.75 Å². The highest BCUT2D eigenvalue weighted by Gasteiger charge is 2.20. The molecule has 2 aromatic heterocycles. The van der Waals surface area contributed by atoms with Gasteiger partial charge in [0.1, 0.15) is 18.0 Å². The number of ether oxygens (including phenoxy) is 1. The third-order valence-electron chi connectivity index (χ3n) is 4.75. The highest BCUT2D eigenvalue weighted by Crippen LogP contribution is 2.31. The molecule has 2 aromatic carbocycles. The van der Waals surface area contributed by atoms with Crippen LogP contribution in [0, 0.1) is 0 Å². The topological polar surface area (TPSA) is 93.4 Å². The molecule has 150 valence electrons. The zero-order valence-corrected chi connectivity index (χ0v) is 16.2. The van der Waals surface area contributed by atoms with E-state index in [2.05, 4.69) is 10.3 Å². The Bertz CT molecular complexity index is 1230. The fourth-order valence-electron chi connectivity index (χ4n) is 3.40. The lowest BCUT2D eigenvalue weighted by molar-refractivity contribution is -0.116. The van der Waals surface area contributed by atoms with Crippen molar-refractivity contribution in [2.45, 2.75) is 6.54 Å². The van der Waals surface area contributed by atoms with Gasteiger partial charge in [-0.2, -0.15) is 0 Å². The second kappa shape index (κ2) is 8.08. The number of benzene rings is 2. The first-order valence-electron chi connectivity index (χ1n) is 9.27. The predicted octanol–water partition coefficient (Wildman–Crippen LogP) is 4.05. The molecule has 0 spiro atoms. The number of carboxylic acid groups (broad SMARTS) is 1. The van der Waals surface area contributed by atoms with Crippen LogP contribution in [0.25, 0.3) is 22.2 Å². The molecule has 4 aromatic rings. The number of anilines is 1. The molecular formula is C23H19N3O4. The number of fused-ring (bicyclic) bond motifs is 1. The average Bonchev–Trinajstić information content (AvgIpc) is 3.13. The van der Waals surface area contributed by atoms with Gasteiger partial charge in [-0.1, -0.05) is 30.3 Å². The lowest BCUT2D eigenvalue weighted by atomic mass is 10.1. The quantitative estimate of drug-likeness (QED) is 0.508. The van der Waals surface area contributed by atoms with Crippen LogP contribution in [0.2, 0.25) is 0 Å². The van der Waals surface area contributed by atoms with Crippen LogP contribution in [-0.2, 0) is 11.3 Å². The number of methoxy groups -OCH3 is 1. The number of carbonyl (C=O) groups excluding carboxylic acids is 1. The van der Waals surface area contributed by atoms with Crippen molar-refractivity contribution in [3.05, 3.63) is 78.6 Å². The molecule has 0 saturated carbocycles. The fourth-order valence-corrected chi connectivity index (χ4v) is 3.40. The van der Waals surface area contributed by atoms with Crippen molar-refractivity contribution in [3.63, 3.8) is 0 Å². The smallest absolute Gasteiger partial charge is 0.352 e. The second-order valence-corrected chi connectivity index (χ2v) is 6.66. The number of nitrogens with one attached hydrogen (secondary N) is 1. The average molecular weight is 401 g/mol. The summed E-state index contributed by atoms with van der Waals surface area (Å²) in [6.45, 7) is -0.137. The van der Waals surface area contributed by atoms with E-state index < -0.39 is 5.97 Å². The van der Waals surface area contributed by atoms with E-state index in [4.69, 9.17) is 4.74 Å². The Morgan fingerprint density at radius 2 is 1.87 bits per heavy atom. The summed E-state index contributed by atoms with van der Waals surface area (Å²) in [6.07, 6.45) is 1.61. The van der Waals surface area contributed by atoms with Crippen LogP contribution in [0.1, 0.15) is 10.5 Å². The number of amides is 1. The van der Waals surface area contributed by atoms with Gasteiger partial charge < -0.3 is 19.7 Å². The number of hydrogen-bond donors (Lipinski definition) is 2. The molecule has 0 atom stereocenters. The molecule has 7 heteroatoms. The van der Waals surface area contributed by atoms with Gasteiger partial charge in [0.2, 0.25) is 5.91 Å². The van der Waals surface area contributed by atoms with Crippen molar-refractivity contribution in [1.82, 2.24) is 9.55 Å². The lowest BCUT2D eigenvalue weighted by Gasteiger charge is -2.10.